The highest BCUT2D eigenvalue weighted by Crippen LogP contribution is 2.10. The number of carbonyl (C=O) groups is 1. The van der Waals surface area contributed by atoms with Crippen molar-refractivity contribution in [1.29, 1.82) is 0 Å². The number of amides is 1. The van der Waals surface area contributed by atoms with Crippen LogP contribution in [0.3, 0.4) is 0 Å². The lowest BCUT2D eigenvalue weighted by atomic mass is 10.4. The number of aryl methyl sites for hydroxylation is 3. The zero-order valence-electron chi connectivity index (χ0n) is 12.7. The number of rotatable bonds is 4. The second-order valence-corrected chi connectivity index (χ2v) is 5.08. The molecule has 0 aliphatic rings. The Balaban J connectivity index is 1.89. The molecule has 1 amide bonds. The molecule has 0 aliphatic heterocycles. The molecule has 3 aromatic rings. The van der Waals surface area contributed by atoms with E-state index in [0.717, 1.165) is 24.4 Å². The first-order valence-electron chi connectivity index (χ1n) is 7.12. The van der Waals surface area contributed by atoms with E-state index < -0.39 is 0 Å². The molecule has 0 aromatic carbocycles. The van der Waals surface area contributed by atoms with E-state index in [4.69, 9.17) is 0 Å². The molecule has 0 saturated carbocycles. The topological polar surface area (TPSA) is 90.0 Å². The van der Waals surface area contributed by atoms with E-state index >= 15 is 0 Å². The van der Waals surface area contributed by atoms with Gasteiger partial charge in [-0.05, 0) is 26.3 Å². The Morgan fingerprint density at radius 1 is 1.32 bits per heavy atom. The standard InChI is InChI=1S/C14H17N7O/c1-4-7-20-11(5-6-15-20)17-13(22)12-18-14-16-9(2)8-10(3)21(14)19-12/h5-6,8H,4,7H2,1-3H3,(H,17,22). The van der Waals surface area contributed by atoms with Crippen molar-refractivity contribution in [3.05, 3.63) is 35.5 Å². The van der Waals surface area contributed by atoms with Crippen LogP contribution in [0.4, 0.5) is 5.82 Å². The van der Waals surface area contributed by atoms with E-state index in [2.05, 4.69) is 25.5 Å². The van der Waals surface area contributed by atoms with Gasteiger partial charge in [0, 0.05) is 24.0 Å². The molecule has 0 unspecified atom stereocenters. The van der Waals surface area contributed by atoms with Crippen LogP contribution < -0.4 is 5.32 Å². The second-order valence-electron chi connectivity index (χ2n) is 5.08. The summed E-state index contributed by atoms with van der Waals surface area (Å²) in [5.41, 5.74) is 1.72. The number of fused-ring (bicyclic) bond motifs is 1. The number of nitrogens with zero attached hydrogens (tertiary/aromatic N) is 6. The summed E-state index contributed by atoms with van der Waals surface area (Å²) >= 11 is 0. The van der Waals surface area contributed by atoms with Gasteiger partial charge in [0.25, 0.3) is 11.7 Å². The summed E-state index contributed by atoms with van der Waals surface area (Å²) in [6, 6.07) is 3.64. The fourth-order valence-electron chi connectivity index (χ4n) is 2.26. The molecule has 3 heterocycles. The van der Waals surface area contributed by atoms with Crippen molar-refractivity contribution < 1.29 is 4.79 Å². The van der Waals surface area contributed by atoms with Gasteiger partial charge >= 0.3 is 0 Å². The summed E-state index contributed by atoms with van der Waals surface area (Å²) < 4.78 is 3.30. The Kier molecular flexibility index (Phi) is 3.58. The molecule has 8 heteroatoms. The average Bonchev–Trinajstić information content (AvgIpc) is 3.06. The normalized spacial score (nSPS) is 11.0. The molecule has 22 heavy (non-hydrogen) atoms. The maximum absolute atomic E-state index is 12.3. The third kappa shape index (κ3) is 2.54. The number of nitrogens with one attached hydrogen (secondary N) is 1. The van der Waals surface area contributed by atoms with Crippen LogP contribution in [0, 0.1) is 13.8 Å². The third-order valence-electron chi connectivity index (χ3n) is 3.21. The summed E-state index contributed by atoms with van der Waals surface area (Å²) in [5, 5.41) is 11.2. The van der Waals surface area contributed by atoms with Crippen LogP contribution in [0.25, 0.3) is 5.78 Å². The highest BCUT2D eigenvalue weighted by Gasteiger charge is 2.16. The molecule has 3 rings (SSSR count). The average molecular weight is 299 g/mol. The SMILES string of the molecule is CCCn1nccc1NC(=O)c1nc2nc(C)cc(C)n2n1. The van der Waals surface area contributed by atoms with Crippen LogP contribution in [-0.2, 0) is 6.54 Å². The fraction of sp³-hybridized carbons (Fsp3) is 0.357. The predicted octanol–water partition coefficient (Wildman–Crippen LogP) is 1.60. The monoisotopic (exact) mass is 299 g/mol. The van der Waals surface area contributed by atoms with Gasteiger partial charge in [0.05, 0.1) is 6.20 Å². The maximum atomic E-state index is 12.3. The molecule has 3 aromatic heterocycles. The number of aromatic nitrogens is 6. The van der Waals surface area contributed by atoms with Gasteiger partial charge < -0.3 is 5.32 Å². The molecule has 0 aliphatic carbocycles. The predicted molar refractivity (Wildman–Crippen MR) is 80.7 cm³/mol. The van der Waals surface area contributed by atoms with Gasteiger partial charge in [-0.15, -0.1) is 5.10 Å². The molecule has 0 fully saturated rings. The first kappa shape index (κ1) is 14.2. The lowest BCUT2D eigenvalue weighted by Crippen LogP contribution is -2.17. The molecule has 1 N–H and O–H groups in total. The summed E-state index contributed by atoms with van der Waals surface area (Å²) in [6.07, 6.45) is 2.58. The molecular weight excluding hydrogens is 282 g/mol. The van der Waals surface area contributed by atoms with Gasteiger partial charge in [0.1, 0.15) is 5.82 Å². The van der Waals surface area contributed by atoms with Crippen LogP contribution in [0.5, 0.6) is 0 Å². The van der Waals surface area contributed by atoms with Crippen molar-refractivity contribution in [1.82, 2.24) is 29.4 Å². The molecule has 8 nitrogen and oxygen atoms in total. The van der Waals surface area contributed by atoms with Gasteiger partial charge in [0.2, 0.25) is 5.82 Å². The fourth-order valence-corrected chi connectivity index (χ4v) is 2.26. The summed E-state index contributed by atoms with van der Waals surface area (Å²) in [7, 11) is 0. The quantitative estimate of drug-likeness (QED) is 0.790. The van der Waals surface area contributed by atoms with E-state index in [0.29, 0.717) is 11.6 Å². The molecule has 0 bridgehead atoms. The van der Waals surface area contributed by atoms with E-state index in [1.165, 1.54) is 0 Å². The van der Waals surface area contributed by atoms with Gasteiger partial charge in [-0.1, -0.05) is 6.92 Å². The minimum Gasteiger partial charge on any atom is -0.304 e. The van der Waals surface area contributed by atoms with Crippen LogP contribution in [0.15, 0.2) is 18.3 Å². The molecule has 114 valence electrons. The second kappa shape index (κ2) is 5.55. The maximum Gasteiger partial charge on any atom is 0.296 e. The van der Waals surface area contributed by atoms with E-state index in [-0.39, 0.29) is 11.7 Å². The number of anilines is 1. The Labute approximate surface area is 127 Å². The molecular formula is C14H17N7O. The third-order valence-corrected chi connectivity index (χ3v) is 3.21. The highest BCUT2D eigenvalue weighted by molar-refractivity contribution is 6.01. The summed E-state index contributed by atoms with van der Waals surface area (Å²) in [6.45, 7) is 6.56. The van der Waals surface area contributed by atoms with Crippen molar-refractivity contribution in [2.24, 2.45) is 0 Å². The van der Waals surface area contributed by atoms with Crippen LogP contribution in [-0.4, -0.2) is 35.3 Å². The van der Waals surface area contributed by atoms with Crippen molar-refractivity contribution in [2.75, 3.05) is 5.32 Å². The van der Waals surface area contributed by atoms with Gasteiger partial charge in [0.15, 0.2) is 0 Å². The molecule has 0 atom stereocenters. The first-order chi connectivity index (χ1) is 10.6. The Hall–Kier alpha value is -2.77. The van der Waals surface area contributed by atoms with Crippen LogP contribution in [0.2, 0.25) is 0 Å². The Morgan fingerprint density at radius 2 is 2.14 bits per heavy atom. The van der Waals surface area contributed by atoms with Gasteiger partial charge in [-0.3, -0.25) is 4.79 Å². The van der Waals surface area contributed by atoms with Crippen molar-refractivity contribution in [2.45, 2.75) is 33.7 Å². The molecule has 0 saturated heterocycles. The number of hydrogen-bond acceptors (Lipinski definition) is 5. The zero-order valence-corrected chi connectivity index (χ0v) is 12.7. The Morgan fingerprint density at radius 3 is 2.91 bits per heavy atom. The first-order valence-corrected chi connectivity index (χ1v) is 7.12. The minimum atomic E-state index is -0.375. The molecule has 0 spiro atoms. The lowest BCUT2D eigenvalue weighted by molar-refractivity contribution is 0.101. The summed E-state index contributed by atoms with van der Waals surface area (Å²) in [4.78, 5) is 20.8. The largest absolute Gasteiger partial charge is 0.304 e. The van der Waals surface area contributed by atoms with Crippen molar-refractivity contribution in [3.8, 4) is 0 Å². The van der Waals surface area contributed by atoms with E-state index in [1.54, 1.807) is 21.5 Å². The van der Waals surface area contributed by atoms with Gasteiger partial charge in [-0.2, -0.15) is 10.1 Å². The van der Waals surface area contributed by atoms with Crippen LogP contribution >= 0.6 is 0 Å². The number of hydrogen-bond donors (Lipinski definition) is 1. The zero-order chi connectivity index (χ0) is 15.7. The highest BCUT2D eigenvalue weighted by atomic mass is 16.2. The van der Waals surface area contributed by atoms with Crippen molar-refractivity contribution in [3.63, 3.8) is 0 Å². The Bertz CT molecular complexity index is 833. The van der Waals surface area contributed by atoms with E-state index in [9.17, 15) is 4.79 Å². The number of carbonyl (C=O) groups excluding carboxylic acids is 1. The van der Waals surface area contributed by atoms with Crippen molar-refractivity contribution >= 4 is 17.5 Å². The van der Waals surface area contributed by atoms with E-state index in [1.807, 2.05) is 26.8 Å². The van der Waals surface area contributed by atoms with Gasteiger partial charge in [-0.25, -0.2) is 14.2 Å². The smallest absolute Gasteiger partial charge is 0.296 e. The van der Waals surface area contributed by atoms with Crippen LogP contribution in [0.1, 0.15) is 35.4 Å². The lowest BCUT2D eigenvalue weighted by Gasteiger charge is -2.05. The summed E-state index contributed by atoms with van der Waals surface area (Å²) in [5.74, 6) is 0.766. The minimum absolute atomic E-state index is 0.0884. The molecule has 0 radical (unpaired) electrons.